The predicted octanol–water partition coefficient (Wildman–Crippen LogP) is 3.57. The zero-order chi connectivity index (χ0) is 15.6. The van der Waals surface area contributed by atoms with Gasteiger partial charge in [0, 0.05) is 18.7 Å². The highest BCUT2D eigenvalue weighted by Crippen LogP contribution is 2.37. The van der Waals surface area contributed by atoms with Crippen LogP contribution in [0.25, 0.3) is 0 Å². The molecule has 4 heteroatoms. The van der Waals surface area contributed by atoms with Crippen LogP contribution in [0.3, 0.4) is 0 Å². The molecule has 0 atom stereocenters. The zero-order valence-corrected chi connectivity index (χ0v) is 14.0. The van der Waals surface area contributed by atoms with Crippen molar-refractivity contribution >= 4 is 6.09 Å². The molecule has 0 aliphatic heterocycles. The number of hydrogen-bond donors (Lipinski definition) is 1. The predicted molar refractivity (Wildman–Crippen MR) is 83.1 cm³/mol. The average Bonchev–Trinajstić information content (AvgIpc) is 2.32. The second kappa shape index (κ2) is 6.55. The van der Waals surface area contributed by atoms with Crippen molar-refractivity contribution in [2.24, 2.45) is 11.8 Å². The first kappa shape index (κ1) is 16.6. The molecule has 2 saturated carbocycles. The fourth-order valence-corrected chi connectivity index (χ4v) is 3.51. The fraction of sp³-hybridized carbons (Fsp3) is 0.941. The topological polar surface area (TPSA) is 49.8 Å². The lowest BCUT2D eigenvalue weighted by atomic mass is 9.77. The molecule has 122 valence electrons. The van der Waals surface area contributed by atoms with Gasteiger partial charge in [-0.25, -0.2) is 4.79 Å². The van der Waals surface area contributed by atoms with Crippen molar-refractivity contribution in [3.05, 3.63) is 0 Å². The van der Waals surface area contributed by atoms with Crippen LogP contribution in [0, 0.1) is 11.8 Å². The Morgan fingerprint density at radius 3 is 2.19 bits per heavy atom. The summed E-state index contributed by atoms with van der Waals surface area (Å²) in [5, 5.41) is 9.22. The highest BCUT2D eigenvalue weighted by atomic mass is 16.6. The molecule has 2 fully saturated rings. The Kier molecular flexibility index (Phi) is 5.18. The summed E-state index contributed by atoms with van der Waals surface area (Å²) >= 11 is 0. The van der Waals surface area contributed by atoms with Gasteiger partial charge in [0.05, 0.1) is 0 Å². The minimum atomic E-state index is -0.447. The van der Waals surface area contributed by atoms with Crippen LogP contribution in [0.4, 0.5) is 4.79 Å². The maximum absolute atomic E-state index is 12.6. The fourth-order valence-electron chi connectivity index (χ4n) is 3.51. The number of aliphatic hydroxyl groups is 1. The Balaban J connectivity index is 2.02. The normalized spacial score (nSPS) is 33.2. The minimum Gasteiger partial charge on any atom is -0.444 e. The molecule has 0 bridgehead atoms. The summed E-state index contributed by atoms with van der Waals surface area (Å²) in [5.74, 6) is 1.13. The van der Waals surface area contributed by atoms with Crippen molar-refractivity contribution in [1.29, 1.82) is 0 Å². The molecular weight excluding hydrogens is 266 g/mol. The Bertz CT molecular complexity index is 350. The minimum absolute atomic E-state index is 0.163. The molecule has 0 unspecified atom stereocenters. The van der Waals surface area contributed by atoms with Crippen molar-refractivity contribution in [2.45, 2.75) is 83.9 Å². The standard InChI is InChI=1S/C17H31NO3/c1-12-5-7-14(8-6-12)18(15-9-13(10-15)11-19)16(20)21-17(2,3)4/h12-15,19H,5-11H2,1-4H3. The van der Waals surface area contributed by atoms with E-state index in [1.54, 1.807) is 0 Å². The molecule has 0 aromatic rings. The number of hydrogen-bond acceptors (Lipinski definition) is 3. The van der Waals surface area contributed by atoms with Gasteiger partial charge >= 0.3 is 6.09 Å². The molecule has 0 aromatic heterocycles. The lowest BCUT2D eigenvalue weighted by Gasteiger charge is -2.47. The maximum atomic E-state index is 12.6. The number of carbonyl (C=O) groups excluding carboxylic acids is 1. The van der Waals surface area contributed by atoms with Crippen LogP contribution in [-0.4, -0.2) is 40.4 Å². The molecule has 2 aliphatic carbocycles. The second-order valence-corrected chi connectivity index (χ2v) is 7.98. The van der Waals surface area contributed by atoms with Gasteiger partial charge in [0.15, 0.2) is 0 Å². The first-order chi connectivity index (χ1) is 9.80. The van der Waals surface area contributed by atoms with Gasteiger partial charge in [-0.2, -0.15) is 0 Å². The van der Waals surface area contributed by atoms with E-state index in [1.165, 1.54) is 12.8 Å². The summed E-state index contributed by atoms with van der Waals surface area (Å²) < 4.78 is 5.63. The van der Waals surface area contributed by atoms with Crippen LogP contribution >= 0.6 is 0 Å². The first-order valence-corrected chi connectivity index (χ1v) is 8.42. The zero-order valence-electron chi connectivity index (χ0n) is 14.0. The molecule has 21 heavy (non-hydrogen) atoms. The third-order valence-corrected chi connectivity index (χ3v) is 4.85. The van der Waals surface area contributed by atoms with Crippen LogP contribution in [0.1, 0.15) is 66.2 Å². The van der Waals surface area contributed by atoms with Gasteiger partial charge in [-0.1, -0.05) is 6.92 Å². The molecular formula is C17H31NO3. The molecule has 0 saturated heterocycles. The number of amides is 1. The molecule has 1 amide bonds. The van der Waals surface area contributed by atoms with Gasteiger partial charge in [-0.3, -0.25) is 0 Å². The van der Waals surface area contributed by atoms with Crippen molar-refractivity contribution < 1.29 is 14.6 Å². The first-order valence-electron chi connectivity index (χ1n) is 8.42. The second-order valence-electron chi connectivity index (χ2n) is 7.98. The molecule has 1 N–H and O–H groups in total. The lowest BCUT2D eigenvalue weighted by molar-refractivity contribution is -0.0297. The lowest BCUT2D eigenvalue weighted by Crippen LogP contribution is -2.55. The Labute approximate surface area is 128 Å². The molecule has 2 rings (SSSR count). The van der Waals surface area contributed by atoms with Crippen LogP contribution < -0.4 is 0 Å². The SMILES string of the molecule is CC1CCC(N(C(=O)OC(C)(C)C)C2CC(CO)C2)CC1. The number of ether oxygens (including phenoxy) is 1. The molecule has 2 aliphatic rings. The quantitative estimate of drug-likeness (QED) is 0.866. The summed E-state index contributed by atoms with van der Waals surface area (Å²) in [6.45, 7) is 8.29. The third kappa shape index (κ3) is 4.35. The van der Waals surface area contributed by atoms with Crippen molar-refractivity contribution in [3.63, 3.8) is 0 Å². The smallest absolute Gasteiger partial charge is 0.410 e. The molecule has 0 spiro atoms. The van der Waals surface area contributed by atoms with E-state index in [9.17, 15) is 9.90 Å². The van der Waals surface area contributed by atoms with Gasteiger partial charge in [-0.05, 0) is 71.1 Å². The van der Waals surface area contributed by atoms with Gasteiger partial charge in [-0.15, -0.1) is 0 Å². The summed E-state index contributed by atoms with van der Waals surface area (Å²) in [6, 6.07) is 0.580. The largest absolute Gasteiger partial charge is 0.444 e. The number of carbonyl (C=O) groups is 1. The molecule has 0 radical (unpaired) electrons. The maximum Gasteiger partial charge on any atom is 0.410 e. The van der Waals surface area contributed by atoms with Crippen molar-refractivity contribution in [1.82, 2.24) is 4.90 Å². The van der Waals surface area contributed by atoms with E-state index in [4.69, 9.17) is 4.74 Å². The number of rotatable bonds is 3. The van der Waals surface area contributed by atoms with E-state index >= 15 is 0 Å². The molecule has 4 nitrogen and oxygen atoms in total. The molecule has 0 heterocycles. The van der Waals surface area contributed by atoms with Crippen LogP contribution in [0.2, 0.25) is 0 Å². The van der Waals surface area contributed by atoms with E-state index in [0.717, 1.165) is 31.6 Å². The van der Waals surface area contributed by atoms with Crippen LogP contribution in [0.5, 0.6) is 0 Å². The molecule has 0 aromatic carbocycles. The van der Waals surface area contributed by atoms with E-state index < -0.39 is 5.60 Å². The van der Waals surface area contributed by atoms with Crippen LogP contribution in [-0.2, 0) is 4.74 Å². The van der Waals surface area contributed by atoms with E-state index in [-0.39, 0.29) is 18.7 Å². The third-order valence-electron chi connectivity index (χ3n) is 4.85. The number of nitrogens with zero attached hydrogens (tertiary/aromatic N) is 1. The monoisotopic (exact) mass is 297 g/mol. The summed E-state index contributed by atoms with van der Waals surface area (Å²) in [6.07, 6.45) is 6.23. The Hall–Kier alpha value is -0.770. The van der Waals surface area contributed by atoms with Crippen molar-refractivity contribution in [3.8, 4) is 0 Å². The van der Waals surface area contributed by atoms with Gasteiger partial charge in [0.25, 0.3) is 0 Å². The summed E-state index contributed by atoms with van der Waals surface area (Å²) in [7, 11) is 0. The highest BCUT2D eigenvalue weighted by Gasteiger charge is 2.41. The highest BCUT2D eigenvalue weighted by molar-refractivity contribution is 5.69. The van der Waals surface area contributed by atoms with Gasteiger partial charge < -0.3 is 14.7 Å². The Morgan fingerprint density at radius 2 is 1.71 bits per heavy atom. The van der Waals surface area contributed by atoms with E-state index in [1.807, 2.05) is 25.7 Å². The van der Waals surface area contributed by atoms with E-state index in [0.29, 0.717) is 12.0 Å². The van der Waals surface area contributed by atoms with Crippen LogP contribution in [0.15, 0.2) is 0 Å². The average molecular weight is 297 g/mol. The number of aliphatic hydroxyl groups excluding tert-OH is 1. The summed E-state index contributed by atoms with van der Waals surface area (Å²) in [4.78, 5) is 14.6. The summed E-state index contributed by atoms with van der Waals surface area (Å²) in [5.41, 5.74) is -0.447. The van der Waals surface area contributed by atoms with Gasteiger partial charge in [0.2, 0.25) is 0 Å². The van der Waals surface area contributed by atoms with E-state index in [2.05, 4.69) is 6.92 Å². The Morgan fingerprint density at radius 1 is 1.14 bits per heavy atom. The van der Waals surface area contributed by atoms with Gasteiger partial charge in [0.1, 0.15) is 5.60 Å². The van der Waals surface area contributed by atoms with Crippen molar-refractivity contribution in [2.75, 3.05) is 6.61 Å².